The summed E-state index contributed by atoms with van der Waals surface area (Å²) >= 11 is 14.9. The number of halogens is 5. The molecule has 121 heavy (non-hydrogen) atoms. The third kappa shape index (κ3) is 36.1. The van der Waals surface area contributed by atoms with Crippen LogP contribution in [0.3, 0.4) is 0 Å². The van der Waals surface area contributed by atoms with Crippen LogP contribution in [-0.4, -0.2) is 137 Å². The zero-order valence-corrected chi connectivity index (χ0v) is 85.8. The molecule has 662 valence electrons. The molecule has 0 spiro atoms. The number of anilines is 5. The van der Waals surface area contributed by atoms with Crippen molar-refractivity contribution < 1.29 is 68.2 Å². The van der Waals surface area contributed by atoms with Gasteiger partial charge in [0.15, 0.2) is 5.34 Å². The van der Waals surface area contributed by atoms with Gasteiger partial charge in [-0.25, -0.2) is 68.8 Å². The number of nitrogens with one attached hydrogen (secondary N) is 7. The molecule has 2 aliphatic rings. The number of rotatable bonds is 21. The van der Waals surface area contributed by atoms with E-state index >= 15 is 0 Å². The quantitative estimate of drug-likeness (QED) is 0.0106. The van der Waals surface area contributed by atoms with Crippen molar-refractivity contribution in [1.29, 1.82) is 0 Å². The van der Waals surface area contributed by atoms with Gasteiger partial charge in [-0.2, -0.15) is 0 Å². The number of nitrogens with zero attached hydrogens (tertiary/aromatic N) is 4. The number of carbonyl (C=O) groups excluding carboxylic acids is 3. The number of thiazole rings is 3. The van der Waals surface area contributed by atoms with E-state index in [1.807, 2.05) is 89.2 Å². The normalized spacial score (nSPS) is 13.8. The van der Waals surface area contributed by atoms with Gasteiger partial charge < -0.3 is 45.3 Å². The van der Waals surface area contributed by atoms with Crippen molar-refractivity contribution in [2.75, 3.05) is 53.4 Å². The summed E-state index contributed by atoms with van der Waals surface area (Å²) in [5, 5.41) is 15.9. The molecule has 0 unspecified atom stereocenters. The number of sulfonamides is 3. The zero-order valence-electron chi connectivity index (χ0n) is 70.7. The van der Waals surface area contributed by atoms with Gasteiger partial charge in [0, 0.05) is 101 Å². The van der Waals surface area contributed by atoms with Crippen molar-refractivity contribution in [3.05, 3.63) is 155 Å². The molecule has 11 N–H and O–H groups in total. The zero-order chi connectivity index (χ0) is 90.6. The standard InChI is InChI=1S/C27H34N4O5S2.C23H26BrN3O4S2.C23H28N4O4S2.C4H9NO2.C4H9NO.I4/c1-17(2)36-25(32)29-19-9-7-18(8-10-19)24-28-14-22(37-24)21-12-11-20(30-27(6)15-35-16-27)13-23(21)38(33,34)31-26(3,4)5;2*1-14(2)31-22(28)26-17-9-6-15(7-10-17)21-25-13-19(32-21)18-11-8-16(24)12-20(18)33(29,30)27-23(3,4)5;1-4(2,3)7-5-6;1-4(5)2-6-3-4;1-4(2)3/h7-14,17,30-31H,15-16H2,1-6H3,(H,29,32);6-14,27H,1-5H3,(H,26,28);6-14,27H,24H2,1-5H3,(H,26,28);1-3H3;2-3,5H2,1H3;. The topological polar surface area (TPSA) is 413 Å². The summed E-state index contributed by atoms with van der Waals surface area (Å²) in [4.78, 5) is 65.2. The van der Waals surface area contributed by atoms with E-state index in [0.717, 1.165) is 49.7 Å². The molecule has 0 atom stereocenters. The molecule has 3 amide bonds. The van der Waals surface area contributed by atoms with E-state index in [9.17, 15) is 44.5 Å². The summed E-state index contributed by atoms with van der Waals surface area (Å²) in [7, 11) is -11.8. The number of carbonyl (C=O) groups is 3. The Balaban J connectivity index is 0.000000256. The molecule has 0 radical (unpaired) electrons. The SMILES string of the molecule is CC(C)(C)ON=O.CC(C)OC(=O)Nc1ccc(-c2ncc(-c3ccc(Br)cc3S(=O)(=O)NC(C)(C)C)s2)cc1.CC(C)OC(=O)Nc1ccc(-c2ncc(-c3ccc(N)cc3S(=O)(=O)NC(C)(C)C)s2)cc1.CC(C)OC(=O)Nc1ccc(-c2ncc(-c3ccc(NC4(C)COC4)cc3S(=O)(=O)NC(C)(C)C)s2)cc1.CC1(N)COC1.II(I)I. The van der Waals surface area contributed by atoms with Gasteiger partial charge in [-0.15, -0.1) is 38.9 Å². The van der Waals surface area contributed by atoms with Crippen LogP contribution in [-0.2, 0) is 58.6 Å². The second-order valence-electron chi connectivity index (χ2n) is 33.0. The molecule has 5 heterocycles. The Labute approximate surface area is 767 Å². The average molecular weight is 2300 g/mol. The summed E-state index contributed by atoms with van der Waals surface area (Å²) in [5.74, 6) is 0. The van der Waals surface area contributed by atoms with E-state index in [4.69, 9.17) is 35.2 Å². The van der Waals surface area contributed by atoms with Crippen molar-refractivity contribution in [1.82, 2.24) is 29.1 Å². The van der Waals surface area contributed by atoms with E-state index in [1.165, 1.54) is 40.1 Å². The number of ether oxygens (including phenoxy) is 5. The molecule has 3 aromatic heterocycles. The van der Waals surface area contributed by atoms with E-state index in [2.05, 4.69) is 132 Å². The molecular formula is C81H106BrI4N13O16S6. The van der Waals surface area contributed by atoms with E-state index in [1.54, 1.807) is 189 Å². The molecule has 0 bridgehead atoms. The second-order valence-corrected chi connectivity index (χ2v) is 90.7. The molecule has 2 saturated heterocycles. The number of aromatic nitrogens is 3. The van der Waals surface area contributed by atoms with Gasteiger partial charge >= 0.3 is 82.0 Å². The summed E-state index contributed by atoms with van der Waals surface area (Å²) in [6.45, 7) is 38.7. The maximum atomic E-state index is 13.5. The molecule has 0 aliphatic carbocycles. The summed E-state index contributed by atoms with van der Waals surface area (Å²) < 4.78 is 113. The van der Waals surface area contributed by atoms with Crippen LogP contribution >= 0.6 is 114 Å². The Hall–Kier alpha value is -5.97. The van der Waals surface area contributed by atoms with Crippen LogP contribution < -0.4 is 46.9 Å². The van der Waals surface area contributed by atoms with Crippen molar-refractivity contribution in [3.8, 4) is 63.0 Å². The van der Waals surface area contributed by atoms with Crippen molar-refractivity contribution in [3.63, 3.8) is 0 Å². The molecule has 29 nitrogen and oxygen atoms in total. The van der Waals surface area contributed by atoms with Crippen LogP contribution in [0.15, 0.2) is 170 Å². The predicted molar refractivity (Wildman–Crippen MR) is 526 cm³/mol. The Morgan fingerprint density at radius 3 is 1.04 bits per heavy atom. The molecule has 6 aromatic carbocycles. The number of amides is 3. The molecule has 0 saturated carbocycles. The van der Waals surface area contributed by atoms with Crippen LogP contribution in [0.1, 0.15) is 138 Å². The van der Waals surface area contributed by atoms with Crippen molar-refractivity contribution in [2.24, 2.45) is 11.1 Å². The first-order valence-electron chi connectivity index (χ1n) is 37.4. The van der Waals surface area contributed by atoms with Gasteiger partial charge in [0.25, 0.3) is 0 Å². The molecule has 40 heteroatoms. The van der Waals surface area contributed by atoms with Crippen LogP contribution in [0.25, 0.3) is 63.0 Å². The van der Waals surface area contributed by atoms with Crippen LogP contribution in [0.2, 0.25) is 0 Å². The fraction of sp³-hybridized carbons (Fsp3) is 0.407. The van der Waals surface area contributed by atoms with E-state index in [-0.39, 0.29) is 52.0 Å². The Kier molecular flexibility index (Phi) is 38.6. The Bertz CT molecular complexity index is 5120. The summed E-state index contributed by atoms with van der Waals surface area (Å²) in [5.41, 5.74) is 15.9. The molecule has 11 rings (SSSR count). The fourth-order valence-electron chi connectivity index (χ4n) is 10.4. The van der Waals surface area contributed by atoms with E-state index < -0.39 is 70.6 Å². The fourth-order valence-corrected chi connectivity index (χ4v) is 19.0. The minimum absolute atomic E-state index is 0. The maximum absolute atomic E-state index is 13.5. The number of hydrogen-bond donors (Lipinski definition) is 9. The first-order valence-corrected chi connectivity index (χ1v) is 64.0. The number of hydrogen-bond acceptors (Lipinski definition) is 26. The number of nitrogen functional groups attached to an aromatic ring is 1. The van der Waals surface area contributed by atoms with Gasteiger partial charge in [0.05, 0.1) is 85.1 Å². The number of nitrogens with two attached hydrogens (primary N) is 2. The second kappa shape index (κ2) is 44.9. The van der Waals surface area contributed by atoms with E-state index in [0.29, 0.717) is 72.7 Å². The van der Waals surface area contributed by atoms with Crippen LogP contribution in [0.4, 0.5) is 42.8 Å². The van der Waals surface area contributed by atoms with Gasteiger partial charge in [0.2, 0.25) is 30.1 Å². The van der Waals surface area contributed by atoms with Gasteiger partial charge in [-0.3, -0.25) is 16.0 Å². The first kappa shape index (κ1) is 104. The third-order valence-electron chi connectivity index (χ3n) is 15.1. The first-order chi connectivity index (χ1) is 55.9. The number of benzene rings is 6. The van der Waals surface area contributed by atoms with Crippen LogP contribution in [0.5, 0.6) is 0 Å². The minimum atomic E-state index is -3.84. The Morgan fingerprint density at radius 2 is 0.777 bits per heavy atom. The van der Waals surface area contributed by atoms with Crippen molar-refractivity contribution >= 4 is 190 Å². The molecule has 2 fully saturated rings. The molecular weight excluding hydrogens is 2190 g/mol. The van der Waals surface area contributed by atoms with Gasteiger partial charge in [-0.1, -0.05) is 34.1 Å². The summed E-state index contributed by atoms with van der Waals surface area (Å²) in [6, 6.07) is 37.0. The average Bonchev–Trinajstić information content (AvgIpc) is 1.75. The molecule has 2 aliphatic heterocycles. The van der Waals surface area contributed by atoms with Crippen molar-refractivity contribution in [2.45, 2.75) is 205 Å². The van der Waals surface area contributed by atoms with Gasteiger partial charge in [0.1, 0.15) is 20.6 Å². The van der Waals surface area contributed by atoms with Crippen LogP contribution in [0, 0.1) is 4.91 Å². The third-order valence-corrected chi connectivity index (χ3v) is 24.2. The molecule has 9 aromatic rings. The predicted octanol–water partition coefficient (Wildman–Crippen LogP) is 21.8. The Morgan fingerprint density at radius 1 is 0.488 bits per heavy atom. The summed E-state index contributed by atoms with van der Waals surface area (Å²) in [6.07, 6.45) is 2.83. The monoisotopic (exact) mass is 2300 g/mol. The van der Waals surface area contributed by atoms with Gasteiger partial charge in [-0.05, 0) is 248 Å².